The molecule has 0 radical (unpaired) electrons. The second kappa shape index (κ2) is 12.8. The summed E-state index contributed by atoms with van der Waals surface area (Å²) >= 11 is 0. The largest absolute Gasteiger partial charge is 0.455 e. The number of rotatable bonds is 5. The van der Waals surface area contributed by atoms with Crippen molar-refractivity contribution in [1.29, 1.82) is 0 Å². The van der Waals surface area contributed by atoms with Gasteiger partial charge in [0.2, 0.25) is 5.95 Å². The molecule has 0 saturated heterocycles. The van der Waals surface area contributed by atoms with Gasteiger partial charge in [-0.15, -0.1) is 0 Å². The molecule has 270 valence electrons. The van der Waals surface area contributed by atoms with E-state index in [4.69, 9.17) is 19.4 Å². The molecule has 0 unspecified atom stereocenters. The summed E-state index contributed by atoms with van der Waals surface area (Å²) in [5, 5.41) is 9.06. The van der Waals surface area contributed by atoms with Crippen molar-refractivity contribution in [3.63, 3.8) is 0 Å². The van der Waals surface area contributed by atoms with E-state index in [9.17, 15) is 0 Å². The van der Waals surface area contributed by atoms with Gasteiger partial charge in [-0.3, -0.25) is 4.57 Å². The van der Waals surface area contributed by atoms with Crippen molar-refractivity contribution >= 4 is 65.3 Å². The first-order valence-electron chi connectivity index (χ1n) is 19.5. The Morgan fingerprint density at radius 1 is 0.379 bits per heavy atom. The molecule has 3 heterocycles. The molecule has 9 aromatic carbocycles. The van der Waals surface area contributed by atoms with E-state index in [1.165, 1.54) is 10.8 Å². The third kappa shape index (κ3) is 5.07. The third-order valence-electron chi connectivity index (χ3n) is 11.5. The van der Waals surface area contributed by atoms with Gasteiger partial charge in [-0.05, 0) is 50.9 Å². The Labute approximate surface area is 333 Å². The zero-order valence-electron chi connectivity index (χ0n) is 31.2. The van der Waals surface area contributed by atoms with E-state index >= 15 is 0 Å². The van der Waals surface area contributed by atoms with Gasteiger partial charge in [-0.25, -0.2) is 4.98 Å². The van der Waals surface area contributed by atoms with Crippen molar-refractivity contribution in [3.8, 4) is 51.0 Å². The highest BCUT2D eigenvalue weighted by atomic mass is 16.3. The van der Waals surface area contributed by atoms with Crippen LogP contribution in [0.5, 0.6) is 0 Å². The van der Waals surface area contributed by atoms with Gasteiger partial charge in [0.05, 0.1) is 11.0 Å². The van der Waals surface area contributed by atoms with E-state index in [0.717, 1.165) is 87.9 Å². The summed E-state index contributed by atoms with van der Waals surface area (Å²) in [6.45, 7) is 0. The van der Waals surface area contributed by atoms with Crippen LogP contribution in [0.25, 0.3) is 116 Å². The summed E-state index contributed by atoms with van der Waals surface area (Å²) in [6, 6.07) is 68.0. The minimum absolute atomic E-state index is 0.541. The lowest BCUT2D eigenvalue weighted by Crippen LogP contribution is -2.07. The average molecular weight is 741 g/mol. The van der Waals surface area contributed by atoms with E-state index in [2.05, 4.69) is 180 Å². The lowest BCUT2D eigenvalue weighted by atomic mass is 9.98. The van der Waals surface area contributed by atoms with Crippen molar-refractivity contribution in [2.24, 2.45) is 0 Å². The molecular weight excluding hydrogens is 709 g/mol. The molecule has 12 rings (SSSR count). The molecule has 0 aliphatic heterocycles. The summed E-state index contributed by atoms with van der Waals surface area (Å²) in [7, 11) is 0. The second-order valence-corrected chi connectivity index (χ2v) is 14.8. The SMILES string of the molecule is c1ccc(-c2ccc(-c3nc(-c4ccc5ccccc5c4)nc(-n4c5ccc6ccccc6c5c5cccc(-c6cccc7c6oc6ccccc67)c54)n3)cc2)cc1. The van der Waals surface area contributed by atoms with Crippen LogP contribution in [0.3, 0.4) is 0 Å². The van der Waals surface area contributed by atoms with Crippen LogP contribution >= 0.6 is 0 Å². The van der Waals surface area contributed by atoms with E-state index in [0.29, 0.717) is 17.6 Å². The summed E-state index contributed by atoms with van der Waals surface area (Å²) in [5.74, 6) is 1.74. The molecule has 5 heteroatoms. The summed E-state index contributed by atoms with van der Waals surface area (Å²) in [4.78, 5) is 15.9. The molecule has 0 aliphatic rings. The van der Waals surface area contributed by atoms with Crippen molar-refractivity contribution in [1.82, 2.24) is 19.5 Å². The number of nitrogens with zero attached hydrogens (tertiary/aromatic N) is 4. The number of furan rings is 1. The van der Waals surface area contributed by atoms with Gasteiger partial charge < -0.3 is 4.42 Å². The Morgan fingerprint density at radius 3 is 1.83 bits per heavy atom. The minimum atomic E-state index is 0.541. The maximum absolute atomic E-state index is 6.66. The predicted octanol–water partition coefficient (Wildman–Crippen LogP) is 13.8. The van der Waals surface area contributed by atoms with Gasteiger partial charge in [0, 0.05) is 43.8 Å². The molecule has 58 heavy (non-hydrogen) atoms. The van der Waals surface area contributed by atoms with E-state index < -0.39 is 0 Å². The molecular formula is C53H32N4O. The van der Waals surface area contributed by atoms with Gasteiger partial charge in [0.1, 0.15) is 11.2 Å². The van der Waals surface area contributed by atoms with E-state index in [-0.39, 0.29) is 0 Å². The first kappa shape index (κ1) is 32.4. The molecule has 0 spiro atoms. The van der Waals surface area contributed by atoms with Crippen molar-refractivity contribution < 1.29 is 4.42 Å². The van der Waals surface area contributed by atoms with Crippen LogP contribution in [0, 0.1) is 0 Å². The van der Waals surface area contributed by atoms with Gasteiger partial charge in [-0.1, -0.05) is 176 Å². The molecule has 0 aliphatic carbocycles. The van der Waals surface area contributed by atoms with E-state index in [1.807, 2.05) is 18.2 Å². The van der Waals surface area contributed by atoms with Crippen LogP contribution in [-0.4, -0.2) is 19.5 Å². The van der Waals surface area contributed by atoms with Gasteiger partial charge >= 0.3 is 0 Å². The average Bonchev–Trinajstić information content (AvgIpc) is 3.86. The van der Waals surface area contributed by atoms with Crippen LogP contribution in [0.15, 0.2) is 199 Å². The topological polar surface area (TPSA) is 56.7 Å². The van der Waals surface area contributed by atoms with Gasteiger partial charge in [0.15, 0.2) is 11.6 Å². The molecule has 0 amide bonds. The highest BCUT2D eigenvalue weighted by Crippen LogP contribution is 2.44. The zero-order valence-corrected chi connectivity index (χ0v) is 31.2. The van der Waals surface area contributed by atoms with Crippen LogP contribution in [0.2, 0.25) is 0 Å². The Kier molecular flexibility index (Phi) is 7.16. The van der Waals surface area contributed by atoms with Crippen LogP contribution in [0.4, 0.5) is 0 Å². The maximum atomic E-state index is 6.66. The monoisotopic (exact) mass is 740 g/mol. The van der Waals surface area contributed by atoms with Crippen molar-refractivity contribution in [3.05, 3.63) is 194 Å². The predicted molar refractivity (Wildman–Crippen MR) is 238 cm³/mol. The lowest BCUT2D eigenvalue weighted by molar-refractivity contribution is 0.670. The summed E-state index contributed by atoms with van der Waals surface area (Å²) in [5.41, 5.74) is 9.89. The van der Waals surface area contributed by atoms with Crippen LogP contribution in [0.1, 0.15) is 0 Å². The molecule has 0 bridgehead atoms. The summed E-state index contributed by atoms with van der Waals surface area (Å²) in [6.07, 6.45) is 0. The number of benzene rings is 9. The van der Waals surface area contributed by atoms with Gasteiger partial charge in [0.25, 0.3) is 0 Å². The molecule has 5 nitrogen and oxygen atoms in total. The smallest absolute Gasteiger partial charge is 0.238 e. The second-order valence-electron chi connectivity index (χ2n) is 14.8. The Morgan fingerprint density at radius 2 is 0.983 bits per heavy atom. The standard InChI is InChI=1S/C53H32N4O/c1-2-12-33(13-3-1)35-24-27-37(28-25-35)51-54-52(39-29-26-34-14-4-5-16-38(34)32-39)56-53(55-51)57-46-31-30-36-15-6-7-17-40(36)48(46)45-22-10-19-42(49(45)57)44-21-11-20-43-41-18-8-9-23-47(41)58-50(43)44/h1-32H. The van der Waals surface area contributed by atoms with Crippen molar-refractivity contribution in [2.45, 2.75) is 0 Å². The van der Waals surface area contributed by atoms with Crippen LogP contribution in [-0.2, 0) is 0 Å². The minimum Gasteiger partial charge on any atom is -0.455 e. The quantitative estimate of drug-likeness (QED) is 0.176. The fourth-order valence-corrected chi connectivity index (χ4v) is 8.71. The third-order valence-corrected chi connectivity index (χ3v) is 11.5. The first-order chi connectivity index (χ1) is 28.7. The van der Waals surface area contributed by atoms with Crippen molar-refractivity contribution in [2.75, 3.05) is 0 Å². The van der Waals surface area contributed by atoms with Crippen LogP contribution < -0.4 is 0 Å². The molecule has 0 N–H and O–H groups in total. The molecule has 3 aromatic heterocycles. The number of para-hydroxylation sites is 3. The summed E-state index contributed by atoms with van der Waals surface area (Å²) < 4.78 is 8.89. The molecule has 12 aromatic rings. The van der Waals surface area contributed by atoms with E-state index in [1.54, 1.807) is 0 Å². The fourth-order valence-electron chi connectivity index (χ4n) is 8.71. The number of hydrogen-bond acceptors (Lipinski definition) is 4. The Bertz CT molecular complexity index is 3560. The number of aromatic nitrogens is 4. The van der Waals surface area contributed by atoms with Gasteiger partial charge in [-0.2, -0.15) is 9.97 Å². The maximum Gasteiger partial charge on any atom is 0.238 e. The normalized spacial score (nSPS) is 11.8. The highest BCUT2D eigenvalue weighted by molar-refractivity contribution is 6.24. The zero-order chi connectivity index (χ0) is 38.2. The first-order valence-corrected chi connectivity index (χ1v) is 19.5. The fraction of sp³-hybridized carbons (Fsp3) is 0. The lowest BCUT2D eigenvalue weighted by Gasteiger charge is -2.13. The number of hydrogen-bond donors (Lipinski definition) is 0. The Hall–Kier alpha value is -7.89. The molecule has 0 fully saturated rings. The molecule has 0 atom stereocenters. The Balaban J connectivity index is 1.17. The highest BCUT2D eigenvalue weighted by Gasteiger charge is 2.23. The molecule has 0 saturated carbocycles. The number of fused-ring (bicyclic) bond motifs is 9.